The number of carbonyl (C=O) groups is 2. The molecule has 0 radical (unpaired) electrons. The fourth-order valence-electron chi connectivity index (χ4n) is 7.69. The van der Waals surface area contributed by atoms with Gasteiger partial charge in [0.05, 0.1) is 33.0 Å². The second-order valence-electron chi connectivity index (χ2n) is 16.4. The van der Waals surface area contributed by atoms with Crippen molar-refractivity contribution in [2.45, 2.75) is 177 Å². The molecular weight excluding hydrogens is 769 g/mol. The highest BCUT2D eigenvalue weighted by Crippen LogP contribution is 2.52. The van der Waals surface area contributed by atoms with Crippen molar-refractivity contribution in [3.05, 3.63) is 30.3 Å². The van der Waals surface area contributed by atoms with Crippen LogP contribution in [0.1, 0.15) is 177 Å². The number of esters is 2. The van der Waals surface area contributed by atoms with Crippen LogP contribution in [0.2, 0.25) is 0 Å². The number of carbonyl (C=O) groups excluding carboxylic acids is 2. The smallest absolute Gasteiger partial charge is 0.308 e. The van der Waals surface area contributed by atoms with Crippen molar-refractivity contribution in [3.8, 4) is 40.2 Å². The van der Waals surface area contributed by atoms with Crippen molar-refractivity contribution in [1.82, 2.24) is 0 Å². The van der Waals surface area contributed by atoms with Crippen molar-refractivity contribution >= 4 is 44.3 Å². The zero-order chi connectivity index (χ0) is 43.8. The molecule has 4 rings (SSSR count). The Morgan fingerprint density at radius 1 is 0.344 bits per heavy atom. The highest BCUT2D eigenvalue weighted by molar-refractivity contribution is 6.28. The van der Waals surface area contributed by atoms with Gasteiger partial charge in [-0.2, -0.15) is 0 Å². The first-order chi connectivity index (χ1) is 29.8. The number of benzene rings is 4. The van der Waals surface area contributed by atoms with E-state index in [-0.39, 0.29) is 11.5 Å². The van der Waals surface area contributed by atoms with Gasteiger partial charge in [0, 0.05) is 19.2 Å². The van der Waals surface area contributed by atoms with E-state index in [2.05, 4.69) is 52.8 Å². The SMILES string of the molecule is CCCCCCOc1cc2c3cc(OCCCCCC)c(OCCCCCC)cc3c3c(OC(C)=O)c(OC(C)=O)c(OCCCCCC)cc3c2cc1OCCCCCC. The highest BCUT2D eigenvalue weighted by Gasteiger charge is 2.27. The van der Waals surface area contributed by atoms with Crippen LogP contribution < -0.4 is 33.2 Å². The summed E-state index contributed by atoms with van der Waals surface area (Å²) in [6, 6.07) is 10.1. The molecule has 338 valence electrons. The fourth-order valence-corrected chi connectivity index (χ4v) is 7.69. The molecule has 0 aromatic heterocycles. The minimum absolute atomic E-state index is 0.0732. The molecule has 0 aliphatic heterocycles. The van der Waals surface area contributed by atoms with E-state index >= 15 is 0 Å². The van der Waals surface area contributed by atoms with E-state index in [0.29, 0.717) is 67.2 Å². The number of hydrogen-bond donors (Lipinski definition) is 0. The summed E-state index contributed by atoms with van der Waals surface area (Å²) in [5.74, 6) is 2.02. The minimum Gasteiger partial charge on any atom is -0.490 e. The molecule has 0 fully saturated rings. The van der Waals surface area contributed by atoms with Gasteiger partial charge in [0.2, 0.25) is 5.75 Å². The number of fused-ring (bicyclic) bond motifs is 6. The molecule has 0 aliphatic carbocycles. The van der Waals surface area contributed by atoms with Crippen LogP contribution in [0, 0.1) is 0 Å². The molecule has 0 bridgehead atoms. The Morgan fingerprint density at radius 2 is 0.607 bits per heavy atom. The molecule has 61 heavy (non-hydrogen) atoms. The zero-order valence-corrected chi connectivity index (χ0v) is 38.7. The van der Waals surface area contributed by atoms with Crippen LogP contribution in [0.15, 0.2) is 30.3 Å². The van der Waals surface area contributed by atoms with Crippen LogP contribution in [-0.2, 0) is 9.59 Å². The molecule has 9 nitrogen and oxygen atoms in total. The highest BCUT2D eigenvalue weighted by atomic mass is 16.6. The van der Waals surface area contributed by atoms with Crippen molar-refractivity contribution in [2.24, 2.45) is 0 Å². The maximum Gasteiger partial charge on any atom is 0.308 e. The number of rotatable bonds is 32. The van der Waals surface area contributed by atoms with Gasteiger partial charge in [-0.15, -0.1) is 0 Å². The van der Waals surface area contributed by atoms with Crippen LogP contribution in [0.4, 0.5) is 0 Å². The summed E-state index contributed by atoms with van der Waals surface area (Å²) in [5.41, 5.74) is 0. The standard InChI is InChI=1S/C52H76O9/c1-8-13-18-23-28-55-45-33-40-41-34-47(57-30-25-20-15-10-3)48(58-31-26-21-16-11-4)36-43(41)50-44(42(40)35-46(45)56-29-24-19-14-9-2)37-49(59-32-27-22-17-12-5)51(60-38(6)53)52(50)61-39(7)54/h33-37H,8-32H2,1-7H3. The monoisotopic (exact) mass is 845 g/mol. The van der Waals surface area contributed by atoms with Crippen molar-refractivity contribution < 1.29 is 42.7 Å². The maximum absolute atomic E-state index is 13.1. The summed E-state index contributed by atoms with van der Waals surface area (Å²) in [7, 11) is 0. The molecule has 9 heteroatoms. The van der Waals surface area contributed by atoms with Gasteiger partial charge in [0.15, 0.2) is 34.5 Å². The van der Waals surface area contributed by atoms with E-state index in [0.717, 1.165) is 155 Å². The summed E-state index contributed by atoms with van der Waals surface area (Å²) < 4.78 is 44.8. The van der Waals surface area contributed by atoms with Crippen LogP contribution in [-0.4, -0.2) is 45.0 Å². The Bertz CT molecular complexity index is 1900. The average molecular weight is 845 g/mol. The Hall–Kier alpha value is -4.40. The van der Waals surface area contributed by atoms with E-state index in [1.165, 1.54) is 13.8 Å². The lowest BCUT2D eigenvalue weighted by atomic mass is 9.92. The fraction of sp³-hybridized carbons (Fsp3) is 0.615. The molecular formula is C52H76O9. The molecule has 0 saturated carbocycles. The third-order valence-electron chi connectivity index (χ3n) is 11.0. The Labute approximate surface area is 366 Å². The van der Waals surface area contributed by atoms with Crippen LogP contribution >= 0.6 is 0 Å². The zero-order valence-electron chi connectivity index (χ0n) is 38.7. The van der Waals surface area contributed by atoms with Gasteiger partial charge in [0.25, 0.3) is 0 Å². The molecule has 4 aromatic rings. The number of unbranched alkanes of at least 4 members (excludes halogenated alkanes) is 15. The van der Waals surface area contributed by atoms with Gasteiger partial charge in [-0.3, -0.25) is 9.59 Å². The van der Waals surface area contributed by atoms with E-state index in [1.807, 2.05) is 12.1 Å². The topological polar surface area (TPSA) is 98.8 Å². The molecule has 0 spiro atoms. The molecule has 4 aromatic carbocycles. The van der Waals surface area contributed by atoms with Crippen molar-refractivity contribution in [1.29, 1.82) is 0 Å². The molecule has 0 N–H and O–H groups in total. The van der Waals surface area contributed by atoms with E-state index in [9.17, 15) is 9.59 Å². The van der Waals surface area contributed by atoms with Crippen molar-refractivity contribution in [2.75, 3.05) is 33.0 Å². The van der Waals surface area contributed by atoms with Crippen molar-refractivity contribution in [3.63, 3.8) is 0 Å². The number of hydrogen-bond acceptors (Lipinski definition) is 9. The maximum atomic E-state index is 13.1. The molecule has 0 heterocycles. The summed E-state index contributed by atoms with van der Waals surface area (Å²) in [4.78, 5) is 25.8. The van der Waals surface area contributed by atoms with Crippen LogP contribution in [0.5, 0.6) is 40.2 Å². The normalized spacial score (nSPS) is 11.3. The van der Waals surface area contributed by atoms with Crippen LogP contribution in [0.3, 0.4) is 0 Å². The third kappa shape index (κ3) is 15.2. The van der Waals surface area contributed by atoms with Gasteiger partial charge < -0.3 is 33.2 Å². The Morgan fingerprint density at radius 3 is 0.918 bits per heavy atom. The third-order valence-corrected chi connectivity index (χ3v) is 11.0. The first-order valence-corrected chi connectivity index (χ1v) is 23.9. The average Bonchev–Trinajstić information content (AvgIpc) is 3.24. The van der Waals surface area contributed by atoms with E-state index in [4.69, 9.17) is 33.2 Å². The summed E-state index contributed by atoms with van der Waals surface area (Å²) >= 11 is 0. The predicted molar refractivity (Wildman–Crippen MR) is 250 cm³/mol. The lowest BCUT2D eigenvalue weighted by Gasteiger charge is -2.22. The second kappa shape index (κ2) is 27.5. The van der Waals surface area contributed by atoms with Gasteiger partial charge in [-0.05, 0) is 89.4 Å². The Kier molecular flexibility index (Phi) is 22.2. The van der Waals surface area contributed by atoms with Gasteiger partial charge >= 0.3 is 11.9 Å². The van der Waals surface area contributed by atoms with Crippen LogP contribution in [0.25, 0.3) is 32.3 Å². The predicted octanol–water partition coefficient (Wildman–Crippen LogP) is 14.8. The Balaban J connectivity index is 2.10. The summed E-state index contributed by atoms with van der Waals surface area (Å²) in [5, 5.41) is 4.73. The molecule has 0 atom stereocenters. The molecule has 0 amide bonds. The largest absolute Gasteiger partial charge is 0.490 e. The first-order valence-electron chi connectivity index (χ1n) is 23.9. The molecule has 0 aliphatic rings. The van der Waals surface area contributed by atoms with E-state index < -0.39 is 11.9 Å². The lowest BCUT2D eigenvalue weighted by molar-refractivity contribution is -0.134. The second-order valence-corrected chi connectivity index (χ2v) is 16.4. The number of ether oxygens (including phenoxy) is 7. The van der Waals surface area contributed by atoms with Gasteiger partial charge in [-0.1, -0.05) is 131 Å². The van der Waals surface area contributed by atoms with Gasteiger partial charge in [-0.25, -0.2) is 0 Å². The summed E-state index contributed by atoms with van der Waals surface area (Å²) in [6.45, 7) is 16.3. The molecule has 0 saturated heterocycles. The minimum atomic E-state index is -0.553. The lowest BCUT2D eigenvalue weighted by Crippen LogP contribution is -2.10. The first kappa shape index (κ1) is 49.3. The molecule has 0 unspecified atom stereocenters. The van der Waals surface area contributed by atoms with E-state index in [1.54, 1.807) is 0 Å². The van der Waals surface area contributed by atoms with Gasteiger partial charge in [0.1, 0.15) is 0 Å². The summed E-state index contributed by atoms with van der Waals surface area (Å²) in [6.07, 6.45) is 21.2. The quantitative estimate of drug-likeness (QED) is 0.0206.